The monoisotopic (exact) mass is 338 g/mol. The fraction of sp³-hybridized carbons (Fsp3) is 0.250. The Morgan fingerprint density at radius 1 is 1.08 bits per heavy atom. The van der Waals surface area contributed by atoms with Crippen LogP contribution >= 0.6 is 11.8 Å². The molecule has 124 valence electrons. The molecule has 0 atom stereocenters. The average molecular weight is 338 g/mol. The molecule has 0 aliphatic carbocycles. The number of nitrogens with zero attached hydrogens (tertiary/aromatic N) is 1. The molecule has 3 nitrogen and oxygen atoms in total. The lowest BCUT2D eigenvalue weighted by Gasteiger charge is -2.11. The van der Waals surface area contributed by atoms with Crippen molar-refractivity contribution < 1.29 is 4.79 Å². The van der Waals surface area contributed by atoms with Gasteiger partial charge in [0, 0.05) is 42.4 Å². The molecule has 4 heteroatoms. The van der Waals surface area contributed by atoms with E-state index in [0.29, 0.717) is 13.0 Å². The molecule has 0 aliphatic rings. The molecule has 2 rings (SSSR count). The van der Waals surface area contributed by atoms with E-state index in [9.17, 15) is 4.79 Å². The maximum Gasteiger partial charge on any atom is 0.221 e. The molecule has 2 aromatic carbocycles. The van der Waals surface area contributed by atoms with Crippen molar-refractivity contribution in [3.8, 4) is 11.8 Å². The summed E-state index contributed by atoms with van der Waals surface area (Å²) in [6.45, 7) is 0.379. The van der Waals surface area contributed by atoms with Gasteiger partial charge < -0.3 is 10.2 Å². The fourth-order valence-electron chi connectivity index (χ4n) is 2.00. The molecule has 0 saturated carbocycles. The highest BCUT2D eigenvalue weighted by Crippen LogP contribution is 2.17. The zero-order valence-corrected chi connectivity index (χ0v) is 14.9. The molecule has 1 N–H and O–H groups in total. The van der Waals surface area contributed by atoms with Crippen LogP contribution in [0.3, 0.4) is 0 Å². The first-order valence-corrected chi connectivity index (χ1v) is 8.84. The van der Waals surface area contributed by atoms with Crippen LogP contribution in [0.25, 0.3) is 0 Å². The van der Waals surface area contributed by atoms with Gasteiger partial charge in [-0.05, 0) is 36.4 Å². The molecule has 0 radical (unpaired) electrons. The molecule has 0 spiro atoms. The van der Waals surface area contributed by atoms with Gasteiger partial charge in [-0.3, -0.25) is 4.79 Å². The van der Waals surface area contributed by atoms with Gasteiger partial charge in [-0.2, -0.15) is 0 Å². The molecule has 0 fully saturated rings. The van der Waals surface area contributed by atoms with E-state index in [1.165, 1.54) is 4.90 Å². The standard InChI is InChI=1S/C20H22N2OS/c1-22(2)18-12-10-17(11-13-18)7-6-15-21-20(23)14-16-24-19-8-4-3-5-9-19/h3-5,8-13H,14-16H2,1-2H3,(H,21,23). The van der Waals surface area contributed by atoms with Crippen LogP contribution in [0.1, 0.15) is 12.0 Å². The lowest BCUT2D eigenvalue weighted by Crippen LogP contribution is -2.23. The number of carbonyl (C=O) groups excluding carboxylic acids is 1. The minimum Gasteiger partial charge on any atom is -0.378 e. The highest BCUT2D eigenvalue weighted by Gasteiger charge is 2.00. The predicted octanol–water partition coefficient (Wildman–Crippen LogP) is 3.40. The Morgan fingerprint density at radius 2 is 1.79 bits per heavy atom. The molecule has 0 aromatic heterocycles. The summed E-state index contributed by atoms with van der Waals surface area (Å²) in [5.41, 5.74) is 2.10. The Kier molecular flexibility index (Phi) is 7.25. The van der Waals surface area contributed by atoms with E-state index in [2.05, 4.69) is 29.3 Å². The Morgan fingerprint density at radius 3 is 2.46 bits per heavy atom. The number of thioether (sulfide) groups is 1. The molecule has 0 saturated heterocycles. The number of rotatable bonds is 6. The summed E-state index contributed by atoms with van der Waals surface area (Å²) in [5.74, 6) is 6.86. The SMILES string of the molecule is CN(C)c1ccc(C#CCNC(=O)CCSc2ccccc2)cc1. The summed E-state index contributed by atoms with van der Waals surface area (Å²) in [6, 6.07) is 18.1. The van der Waals surface area contributed by atoms with Gasteiger partial charge in [-0.25, -0.2) is 0 Å². The van der Waals surface area contributed by atoms with E-state index in [1.54, 1.807) is 11.8 Å². The van der Waals surface area contributed by atoms with E-state index in [0.717, 1.165) is 17.0 Å². The maximum absolute atomic E-state index is 11.8. The molecular weight excluding hydrogens is 316 g/mol. The van der Waals surface area contributed by atoms with Gasteiger partial charge >= 0.3 is 0 Å². The summed E-state index contributed by atoms with van der Waals surface area (Å²) >= 11 is 1.69. The number of hydrogen-bond donors (Lipinski definition) is 1. The van der Waals surface area contributed by atoms with Gasteiger partial charge in [0.25, 0.3) is 0 Å². The summed E-state index contributed by atoms with van der Waals surface area (Å²) in [6.07, 6.45) is 0.499. The highest BCUT2D eigenvalue weighted by atomic mass is 32.2. The van der Waals surface area contributed by atoms with Gasteiger partial charge in [-0.15, -0.1) is 11.8 Å². The number of benzene rings is 2. The van der Waals surface area contributed by atoms with Gasteiger partial charge in [-0.1, -0.05) is 30.0 Å². The van der Waals surface area contributed by atoms with Crippen molar-refractivity contribution in [3.05, 3.63) is 60.2 Å². The Labute approximate surface area is 148 Å². The molecule has 1 amide bonds. The van der Waals surface area contributed by atoms with E-state index < -0.39 is 0 Å². The number of hydrogen-bond acceptors (Lipinski definition) is 3. The first kappa shape index (κ1) is 18.0. The minimum atomic E-state index is 0.0377. The zero-order valence-electron chi connectivity index (χ0n) is 14.1. The van der Waals surface area contributed by atoms with Crippen molar-refractivity contribution in [2.24, 2.45) is 0 Å². The third-order valence-electron chi connectivity index (χ3n) is 3.33. The Balaban J connectivity index is 1.67. The number of amides is 1. The largest absolute Gasteiger partial charge is 0.378 e. The smallest absolute Gasteiger partial charge is 0.221 e. The first-order valence-electron chi connectivity index (χ1n) is 7.86. The van der Waals surface area contributed by atoms with Crippen molar-refractivity contribution in [1.82, 2.24) is 5.32 Å². The molecular formula is C20H22N2OS. The minimum absolute atomic E-state index is 0.0377. The molecule has 0 heterocycles. The lowest BCUT2D eigenvalue weighted by molar-refractivity contribution is -0.120. The van der Waals surface area contributed by atoms with E-state index in [1.807, 2.05) is 61.5 Å². The summed E-state index contributed by atoms with van der Waals surface area (Å²) in [7, 11) is 4.01. The van der Waals surface area contributed by atoms with Gasteiger partial charge in [0.05, 0.1) is 6.54 Å². The van der Waals surface area contributed by atoms with Crippen LogP contribution in [-0.4, -0.2) is 32.3 Å². The number of nitrogens with one attached hydrogen (secondary N) is 1. The van der Waals surface area contributed by atoms with Gasteiger partial charge in [0.15, 0.2) is 0 Å². The Hall–Kier alpha value is -2.38. The normalized spacial score (nSPS) is 9.75. The maximum atomic E-state index is 11.8. The zero-order chi connectivity index (χ0) is 17.2. The summed E-state index contributed by atoms with van der Waals surface area (Å²) in [4.78, 5) is 15.0. The quantitative estimate of drug-likeness (QED) is 0.647. The van der Waals surface area contributed by atoms with E-state index >= 15 is 0 Å². The van der Waals surface area contributed by atoms with Crippen LogP contribution in [0.2, 0.25) is 0 Å². The van der Waals surface area contributed by atoms with Crippen LogP contribution in [0.4, 0.5) is 5.69 Å². The van der Waals surface area contributed by atoms with Crippen molar-refractivity contribution in [2.75, 3.05) is 31.3 Å². The topological polar surface area (TPSA) is 32.3 Å². The first-order chi connectivity index (χ1) is 11.6. The number of carbonyl (C=O) groups is 1. The number of anilines is 1. The van der Waals surface area contributed by atoms with Crippen LogP contribution in [0.15, 0.2) is 59.5 Å². The predicted molar refractivity (Wildman–Crippen MR) is 102 cm³/mol. The van der Waals surface area contributed by atoms with E-state index in [-0.39, 0.29) is 5.91 Å². The second-order valence-electron chi connectivity index (χ2n) is 5.43. The third-order valence-corrected chi connectivity index (χ3v) is 4.35. The average Bonchev–Trinajstić information content (AvgIpc) is 2.60. The van der Waals surface area contributed by atoms with Crippen LogP contribution in [0.5, 0.6) is 0 Å². The third kappa shape index (κ3) is 6.39. The van der Waals surface area contributed by atoms with Crippen molar-refractivity contribution in [3.63, 3.8) is 0 Å². The molecule has 0 bridgehead atoms. The highest BCUT2D eigenvalue weighted by molar-refractivity contribution is 7.99. The lowest BCUT2D eigenvalue weighted by atomic mass is 10.2. The molecule has 0 unspecified atom stereocenters. The molecule has 0 aliphatic heterocycles. The van der Waals surface area contributed by atoms with Crippen LogP contribution < -0.4 is 10.2 Å². The van der Waals surface area contributed by atoms with Gasteiger partial charge in [0.2, 0.25) is 5.91 Å². The van der Waals surface area contributed by atoms with Gasteiger partial charge in [0.1, 0.15) is 0 Å². The Bertz CT molecular complexity index is 700. The second kappa shape index (κ2) is 9.69. The van der Waals surface area contributed by atoms with Crippen LogP contribution in [0, 0.1) is 11.8 Å². The molecule has 24 heavy (non-hydrogen) atoms. The summed E-state index contributed by atoms with van der Waals surface area (Å²) in [5, 5.41) is 2.83. The summed E-state index contributed by atoms with van der Waals surface area (Å²) < 4.78 is 0. The van der Waals surface area contributed by atoms with Crippen molar-refractivity contribution in [2.45, 2.75) is 11.3 Å². The van der Waals surface area contributed by atoms with Crippen molar-refractivity contribution in [1.29, 1.82) is 0 Å². The molecule has 2 aromatic rings. The van der Waals surface area contributed by atoms with Crippen LogP contribution in [-0.2, 0) is 4.79 Å². The van der Waals surface area contributed by atoms with Crippen molar-refractivity contribution >= 4 is 23.4 Å². The fourth-order valence-corrected chi connectivity index (χ4v) is 2.87. The second-order valence-corrected chi connectivity index (χ2v) is 6.60. The van der Waals surface area contributed by atoms with E-state index in [4.69, 9.17) is 0 Å².